The third-order valence-corrected chi connectivity index (χ3v) is 0.246. The van der Waals surface area contributed by atoms with Crippen LogP contribution in [0.3, 0.4) is 0 Å². The molecule has 0 fully saturated rings. The topological polar surface area (TPSA) is 75.1 Å². The summed E-state index contributed by atoms with van der Waals surface area (Å²) in [7, 11) is -0.625. The molecule has 0 bridgehead atoms. The largest absolute Gasteiger partial charge is 0.402 e. The van der Waals surface area contributed by atoms with Crippen LogP contribution in [0.2, 0.25) is 0 Å². The predicted octanol–water partition coefficient (Wildman–Crippen LogP) is 1.43. The van der Waals surface area contributed by atoms with Gasteiger partial charge in [0.05, 0.1) is 0 Å². The molecule has 0 radical (unpaired) electrons. The highest BCUT2D eigenvalue weighted by atomic mass is 31.1. The zero-order valence-corrected chi connectivity index (χ0v) is 3.50. The molecule has 0 rings (SSSR count). The summed E-state index contributed by atoms with van der Waals surface area (Å²) in [5.74, 6) is 0. The third-order valence-electron chi connectivity index (χ3n) is 0.106. The highest BCUT2D eigenvalue weighted by Gasteiger charge is 1.62. The lowest BCUT2D eigenvalue weighted by Crippen LogP contribution is -1.41. The molecule has 0 aromatic carbocycles. The molecule has 0 spiro atoms. The van der Waals surface area contributed by atoms with Crippen LogP contribution >= 0.6 is 8.69 Å². The molecule has 0 saturated carbocycles. The Hall–Kier alpha value is -0.790. The van der Waals surface area contributed by atoms with Gasteiger partial charge in [-0.2, -0.15) is 0 Å². The van der Waals surface area contributed by atoms with E-state index in [1.165, 1.54) is 0 Å². The first-order chi connectivity index (χ1) is 2.91. The molecule has 0 aromatic rings. The van der Waals surface area contributed by atoms with Crippen LogP contribution in [-0.2, 0) is 9.19 Å². The van der Waals surface area contributed by atoms with E-state index in [4.69, 9.17) is 5.53 Å². The summed E-state index contributed by atoms with van der Waals surface area (Å²) < 4.78 is 12.8. The Morgan fingerprint density at radius 1 is 2.00 bits per heavy atom. The SMILES string of the molecule is [N-]=[N+]=NOP=O. The maximum absolute atomic E-state index is 9.17. The molecule has 32 valence electrons. The molecular formula is N3O2P. The van der Waals surface area contributed by atoms with E-state index in [1.807, 2.05) is 0 Å². The first-order valence-electron chi connectivity index (χ1n) is 0.948. The van der Waals surface area contributed by atoms with Gasteiger partial charge in [-0.25, -0.2) is 4.57 Å². The molecule has 0 aliphatic carbocycles. The van der Waals surface area contributed by atoms with Crippen LogP contribution in [0, 0.1) is 0 Å². The van der Waals surface area contributed by atoms with E-state index < -0.39 is 8.69 Å². The Balaban J connectivity index is 3.07. The van der Waals surface area contributed by atoms with Gasteiger partial charge in [-0.15, -0.1) is 0 Å². The molecule has 6 heavy (non-hydrogen) atoms. The summed E-state index contributed by atoms with van der Waals surface area (Å²) >= 11 is 0. The minimum absolute atomic E-state index is 0.625. The summed E-state index contributed by atoms with van der Waals surface area (Å²) in [4.78, 5) is 2.12. The van der Waals surface area contributed by atoms with Gasteiger partial charge >= 0.3 is 8.69 Å². The smallest absolute Gasteiger partial charge is 0.338 e. The average molecular weight is 105 g/mol. The van der Waals surface area contributed by atoms with E-state index in [0.717, 1.165) is 0 Å². The van der Waals surface area contributed by atoms with E-state index >= 15 is 0 Å². The number of hydrogen-bond donors (Lipinski definition) is 0. The molecule has 6 heteroatoms. The Bertz CT molecular complexity index is 82.8. The Morgan fingerprint density at radius 3 is 2.83 bits per heavy atom. The Labute approximate surface area is 34.8 Å². The monoisotopic (exact) mass is 105 g/mol. The number of azide groups is 1. The first kappa shape index (κ1) is 5.21. The van der Waals surface area contributed by atoms with E-state index in [0.29, 0.717) is 0 Å². The fourth-order valence-electron chi connectivity index (χ4n) is 0.0312. The van der Waals surface area contributed by atoms with Crippen molar-refractivity contribution in [3.8, 4) is 0 Å². The number of nitrogens with zero attached hydrogens (tertiary/aromatic N) is 3. The van der Waals surface area contributed by atoms with Crippen LogP contribution in [0.15, 0.2) is 5.28 Å². The molecule has 0 atom stereocenters. The highest BCUT2D eigenvalue weighted by molar-refractivity contribution is 7.17. The van der Waals surface area contributed by atoms with Crippen LogP contribution in [-0.4, -0.2) is 0 Å². The first-order valence-corrected chi connectivity index (χ1v) is 1.68. The summed E-state index contributed by atoms with van der Waals surface area (Å²) in [6, 6.07) is 0. The van der Waals surface area contributed by atoms with Gasteiger partial charge in [-0.3, -0.25) is 0 Å². The minimum atomic E-state index is -0.625. The van der Waals surface area contributed by atoms with Gasteiger partial charge in [0.25, 0.3) is 0 Å². The summed E-state index contributed by atoms with van der Waals surface area (Å²) in [5.41, 5.74) is 7.39. The zero-order chi connectivity index (χ0) is 4.83. The van der Waals surface area contributed by atoms with Crippen LogP contribution in [0.4, 0.5) is 0 Å². The standard InChI is InChI=1S/N3O2P/c1-2-3-5-6-4. The Kier molecular flexibility index (Phi) is 3.66. The lowest BCUT2D eigenvalue weighted by Gasteiger charge is -1.64. The fraction of sp³-hybridized carbons (Fsp3) is 0. The van der Waals surface area contributed by atoms with E-state index in [9.17, 15) is 4.57 Å². The van der Waals surface area contributed by atoms with Crippen molar-refractivity contribution >= 4 is 8.69 Å². The second kappa shape index (κ2) is 4.21. The molecule has 0 saturated heterocycles. The van der Waals surface area contributed by atoms with Gasteiger partial charge in [0.2, 0.25) is 0 Å². The second-order valence-corrected chi connectivity index (χ2v) is 0.640. The van der Waals surface area contributed by atoms with Gasteiger partial charge in [0, 0.05) is 4.91 Å². The van der Waals surface area contributed by atoms with Crippen LogP contribution in [0.5, 0.6) is 0 Å². The summed E-state index contributed by atoms with van der Waals surface area (Å²) in [5, 5.41) is 2.45. The molecule has 0 aromatic heterocycles. The van der Waals surface area contributed by atoms with Crippen molar-refractivity contribution < 1.29 is 9.19 Å². The summed E-state index contributed by atoms with van der Waals surface area (Å²) in [6.45, 7) is 0. The zero-order valence-electron chi connectivity index (χ0n) is 2.61. The normalized spacial score (nSPS) is 6.67. The molecule has 0 N–H and O–H groups in total. The maximum Gasteiger partial charge on any atom is 0.402 e. The van der Waals surface area contributed by atoms with Gasteiger partial charge in [-0.1, -0.05) is 0 Å². The Morgan fingerprint density at radius 2 is 2.67 bits per heavy atom. The lowest BCUT2D eigenvalue weighted by atomic mass is 12.9. The van der Waals surface area contributed by atoms with Gasteiger partial charge in [0.1, 0.15) is 5.28 Å². The highest BCUT2D eigenvalue weighted by Crippen LogP contribution is 1.92. The van der Waals surface area contributed by atoms with Crippen molar-refractivity contribution in [3.05, 3.63) is 10.4 Å². The van der Waals surface area contributed by atoms with Gasteiger partial charge < -0.3 is 4.62 Å². The van der Waals surface area contributed by atoms with E-state index in [-0.39, 0.29) is 0 Å². The van der Waals surface area contributed by atoms with Gasteiger partial charge in [-0.05, 0) is 5.53 Å². The number of rotatable bonds is 2. The second-order valence-electron chi connectivity index (χ2n) is 0.327. The van der Waals surface area contributed by atoms with Crippen LogP contribution in [0.1, 0.15) is 0 Å². The lowest BCUT2D eigenvalue weighted by molar-refractivity contribution is 0.359. The molecule has 0 unspecified atom stereocenters. The molecule has 0 aliphatic rings. The molecule has 0 aliphatic heterocycles. The van der Waals surface area contributed by atoms with Crippen molar-refractivity contribution in [2.75, 3.05) is 0 Å². The van der Waals surface area contributed by atoms with Crippen LogP contribution < -0.4 is 0 Å². The molecule has 5 nitrogen and oxygen atoms in total. The maximum atomic E-state index is 9.17. The predicted molar refractivity (Wildman–Crippen MR) is 17.8 cm³/mol. The van der Waals surface area contributed by atoms with E-state index in [1.54, 1.807) is 0 Å². The fourth-order valence-corrected chi connectivity index (χ4v) is 0.0937. The molecule has 0 amide bonds. The quantitative estimate of drug-likeness (QED) is 0.175. The van der Waals surface area contributed by atoms with Crippen molar-refractivity contribution in [3.63, 3.8) is 0 Å². The van der Waals surface area contributed by atoms with Crippen molar-refractivity contribution in [2.45, 2.75) is 0 Å². The molecular weight excluding hydrogens is 105 g/mol. The minimum Gasteiger partial charge on any atom is -0.338 e. The van der Waals surface area contributed by atoms with Crippen LogP contribution in [0.25, 0.3) is 10.4 Å². The molecule has 0 heterocycles. The number of hydrogen-bond acceptors (Lipinski definition) is 3. The van der Waals surface area contributed by atoms with Crippen molar-refractivity contribution in [1.29, 1.82) is 0 Å². The van der Waals surface area contributed by atoms with E-state index in [2.05, 4.69) is 14.8 Å². The van der Waals surface area contributed by atoms with Crippen molar-refractivity contribution in [2.24, 2.45) is 5.28 Å². The average Bonchev–Trinajstić information content (AvgIpc) is 1.61. The van der Waals surface area contributed by atoms with Crippen molar-refractivity contribution in [1.82, 2.24) is 0 Å². The summed E-state index contributed by atoms with van der Waals surface area (Å²) in [6.07, 6.45) is 0. The third kappa shape index (κ3) is 3.21. The van der Waals surface area contributed by atoms with Gasteiger partial charge in [0.15, 0.2) is 0 Å².